The summed E-state index contributed by atoms with van der Waals surface area (Å²) in [6.45, 7) is 2.37. The first-order chi connectivity index (χ1) is 10.5. The van der Waals surface area contributed by atoms with Crippen molar-refractivity contribution in [3.63, 3.8) is 0 Å². The molecule has 2 rings (SSSR count). The number of hydrogen-bond acceptors (Lipinski definition) is 3. The molecule has 0 aliphatic heterocycles. The van der Waals surface area contributed by atoms with Crippen LogP contribution in [0.3, 0.4) is 0 Å². The topological polar surface area (TPSA) is 84.2 Å². The Morgan fingerprint density at radius 3 is 2.64 bits per heavy atom. The first kappa shape index (κ1) is 15.8. The Morgan fingerprint density at radius 2 is 2.00 bits per heavy atom. The maximum atomic E-state index is 11.9. The monoisotopic (exact) mass is 301 g/mol. The van der Waals surface area contributed by atoms with Gasteiger partial charge in [0, 0.05) is 31.3 Å². The van der Waals surface area contributed by atoms with Crippen LogP contribution in [0.25, 0.3) is 0 Å². The molecular formula is C16H19N3O3. The second-order valence-electron chi connectivity index (χ2n) is 5.12. The maximum Gasteiger partial charge on any atom is 0.335 e. The standard InChI is InChI=1S/C16H19N3O3/c1-11-13(10-18-19(11)2)9-17-15(20)8-7-12-5-3-4-6-14(12)16(21)22/h3-6,10H,7-9H2,1-2H3,(H,17,20)(H,21,22). The molecule has 0 saturated carbocycles. The van der Waals surface area contributed by atoms with Crippen LogP contribution in [-0.2, 0) is 24.8 Å². The number of aryl methyl sites for hydroxylation is 2. The molecule has 2 N–H and O–H groups in total. The molecule has 1 heterocycles. The van der Waals surface area contributed by atoms with Crippen LogP contribution in [0, 0.1) is 6.92 Å². The lowest BCUT2D eigenvalue weighted by atomic mass is 10.0. The summed E-state index contributed by atoms with van der Waals surface area (Å²) in [7, 11) is 1.85. The first-order valence-corrected chi connectivity index (χ1v) is 7.04. The van der Waals surface area contributed by atoms with Crippen LogP contribution in [0.2, 0.25) is 0 Å². The normalized spacial score (nSPS) is 10.5. The highest BCUT2D eigenvalue weighted by molar-refractivity contribution is 5.89. The minimum absolute atomic E-state index is 0.108. The zero-order valence-corrected chi connectivity index (χ0v) is 12.7. The van der Waals surface area contributed by atoms with Crippen LogP contribution in [0.15, 0.2) is 30.5 Å². The fourth-order valence-electron chi connectivity index (χ4n) is 2.20. The van der Waals surface area contributed by atoms with Gasteiger partial charge < -0.3 is 10.4 Å². The largest absolute Gasteiger partial charge is 0.478 e. The number of carbonyl (C=O) groups is 2. The average Bonchev–Trinajstić information content (AvgIpc) is 2.82. The van der Waals surface area contributed by atoms with Gasteiger partial charge in [0.2, 0.25) is 5.91 Å². The Balaban J connectivity index is 1.88. The van der Waals surface area contributed by atoms with Gasteiger partial charge in [-0.3, -0.25) is 9.48 Å². The average molecular weight is 301 g/mol. The summed E-state index contributed by atoms with van der Waals surface area (Å²) in [5.41, 5.74) is 2.90. The highest BCUT2D eigenvalue weighted by Gasteiger charge is 2.11. The predicted octanol–water partition coefficient (Wildman–Crippen LogP) is 1.68. The van der Waals surface area contributed by atoms with E-state index in [4.69, 9.17) is 5.11 Å². The number of hydrogen-bond donors (Lipinski definition) is 2. The van der Waals surface area contributed by atoms with E-state index < -0.39 is 5.97 Å². The summed E-state index contributed by atoms with van der Waals surface area (Å²) in [5.74, 6) is -1.08. The van der Waals surface area contributed by atoms with Crippen LogP contribution in [-0.4, -0.2) is 26.8 Å². The molecule has 0 aliphatic rings. The second kappa shape index (κ2) is 6.89. The van der Waals surface area contributed by atoms with Crippen molar-refractivity contribution in [1.82, 2.24) is 15.1 Å². The molecule has 22 heavy (non-hydrogen) atoms. The van der Waals surface area contributed by atoms with Crippen molar-refractivity contribution in [2.75, 3.05) is 0 Å². The molecule has 0 fully saturated rings. The first-order valence-electron chi connectivity index (χ1n) is 7.04. The van der Waals surface area contributed by atoms with Crippen molar-refractivity contribution >= 4 is 11.9 Å². The molecule has 6 nitrogen and oxygen atoms in total. The number of rotatable bonds is 6. The summed E-state index contributed by atoms with van der Waals surface area (Å²) < 4.78 is 1.75. The fraction of sp³-hybridized carbons (Fsp3) is 0.312. The Hall–Kier alpha value is -2.63. The molecular weight excluding hydrogens is 282 g/mol. The number of carboxylic acids is 1. The molecule has 6 heteroatoms. The zero-order valence-electron chi connectivity index (χ0n) is 12.7. The smallest absolute Gasteiger partial charge is 0.335 e. The number of nitrogens with one attached hydrogen (secondary N) is 1. The molecule has 0 aliphatic carbocycles. The lowest BCUT2D eigenvalue weighted by molar-refractivity contribution is -0.121. The van der Waals surface area contributed by atoms with Gasteiger partial charge in [-0.05, 0) is 25.0 Å². The second-order valence-corrected chi connectivity index (χ2v) is 5.12. The third-order valence-electron chi connectivity index (χ3n) is 3.68. The molecule has 116 valence electrons. The van der Waals surface area contributed by atoms with E-state index in [1.165, 1.54) is 0 Å². The van der Waals surface area contributed by atoms with E-state index in [2.05, 4.69) is 10.4 Å². The molecule has 0 unspecified atom stereocenters. The van der Waals surface area contributed by atoms with E-state index in [9.17, 15) is 9.59 Å². The summed E-state index contributed by atoms with van der Waals surface area (Å²) in [5, 5.41) is 16.1. The summed E-state index contributed by atoms with van der Waals surface area (Å²) in [6, 6.07) is 6.74. The molecule has 0 saturated heterocycles. The van der Waals surface area contributed by atoms with Crippen LogP contribution < -0.4 is 5.32 Å². The minimum Gasteiger partial charge on any atom is -0.478 e. The minimum atomic E-state index is -0.970. The quantitative estimate of drug-likeness (QED) is 0.850. The molecule has 2 aromatic rings. The number of aromatic nitrogens is 2. The van der Waals surface area contributed by atoms with Crippen LogP contribution >= 0.6 is 0 Å². The van der Waals surface area contributed by atoms with E-state index >= 15 is 0 Å². The van der Waals surface area contributed by atoms with Crippen molar-refractivity contribution in [3.05, 3.63) is 52.8 Å². The maximum absolute atomic E-state index is 11.9. The van der Waals surface area contributed by atoms with E-state index in [0.29, 0.717) is 18.5 Å². The number of benzene rings is 1. The van der Waals surface area contributed by atoms with E-state index in [0.717, 1.165) is 11.3 Å². The summed E-state index contributed by atoms with van der Waals surface area (Å²) in [4.78, 5) is 23.0. The van der Waals surface area contributed by atoms with Gasteiger partial charge in [0.25, 0.3) is 0 Å². The molecule has 0 radical (unpaired) electrons. The Bertz CT molecular complexity index is 692. The highest BCUT2D eigenvalue weighted by Crippen LogP contribution is 2.11. The number of carbonyl (C=O) groups excluding carboxylic acids is 1. The third kappa shape index (κ3) is 3.72. The van der Waals surface area contributed by atoms with Crippen molar-refractivity contribution in [2.24, 2.45) is 7.05 Å². The van der Waals surface area contributed by atoms with Crippen molar-refractivity contribution < 1.29 is 14.7 Å². The Kier molecular flexibility index (Phi) is 4.93. The SMILES string of the molecule is Cc1c(CNC(=O)CCc2ccccc2C(=O)O)cnn1C. The van der Waals surface area contributed by atoms with Crippen molar-refractivity contribution in [1.29, 1.82) is 0 Å². The Morgan fingerprint density at radius 1 is 1.27 bits per heavy atom. The van der Waals surface area contributed by atoms with E-state index in [-0.39, 0.29) is 17.9 Å². The van der Waals surface area contributed by atoms with Gasteiger partial charge in [-0.2, -0.15) is 5.10 Å². The molecule has 0 bridgehead atoms. The summed E-state index contributed by atoms with van der Waals surface area (Å²) >= 11 is 0. The van der Waals surface area contributed by atoms with Crippen LogP contribution in [0.5, 0.6) is 0 Å². The molecule has 1 aromatic heterocycles. The molecule has 0 spiro atoms. The Labute approximate surface area is 128 Å². The van der Waals surface area contributed by atoms with Gasteiger partial charge in [0.1, 0.15) is 0 Å². The van der Waals surface area contributed by atoms with Crippen molar-refractivity contribution in [3.8, 4) is 0 Å². The molecule has 1 aromatic carbocycles. The third-order valence-corrected chi connectivity index (χ3v) is 3.68. The lowest BCUT2D eigenvalue weighted by Gasteiger charge is -2.07. The lowest BCUT2D eigenvalue weighted by Crippen LogP contribution is -2.23. The number of nitrogens with zero attached hydrogens (tertiary/aromatic N) is 2. The van der Waals surface area contributed by atoms with E-state index in [1.54, 1.807) is 35.1 Å². The summed E-state index contributed by atoms with van der Waals surface area (Å²) in [6.07, 6.45) is 2.39. The highest BCUT2D eigenvalue weighted by atomic mass is 16.4. The number of carboxylic acid groups (broad SMARTS) is 1. The fourth-order valence-corrected chi connectivity index (χ4v) is 2.20. The van der Waals surface area contributed by atoms with E-state index in [1.807, 2.05) is 14.0 Å². The van der Waals surface area contributed by atoms with Crippen molar-refractivity contribution in [2.45, 2.75) is 26.3 Å². The van der Waals surface area contributed by atoms with Gasteiger partial charge >= 0.3 is 5.97 Å². The number of amides is 1. The van der Waals surface area contributed by atoms with Gasteiger partial charge in [0.15, 0.2) is 0 Å². The van der Waals surface area contributed by atoms with Gasteiger partial charge in [-0.1, -0.05) is 18.2 Å². The predicted molar refractivity (Wildman–Crippen MR) is 81.5 cm³/mol. The van der Waals surface area contributed by atoms with Gasteiger partial charge in [0.05, 0.1) is 11.8 Å². The molecule has 1 amide bonds. The number of aromatic carboxylic acids is 1. The zero-order chi connectivity index (χ0) is 16.1. The van der Waals surface area contributed by atoms with Gasteiger partial charge in [-0.15, -0.1) is 0 Å². The molecule has 0 atom stereocenters. The van der Waals surface area contributed by atoms with Crippen LogP contribution in [0.4, 0.5) is 0 Å². The van der Waals surface area contributed by atoms with Crippen LogP contribution in [0.1, 0.15) is 33.6 Å². The van der Waals surface area contributed by atoms with Gasteiger partial charge in [-0.25, -0.2) is 4.79 Å².